The van der Waals surface area contributed by atoms with Crippen LogP contribution in [0.1, 0.15) is 20.3 Å². The van der Waals surface area contributed by atoms with Gasteiger partial charge < -0.3 is 15.7 Å². The second-order valence-corrected chi connectivity index (χ2v) is 8.06. The topological polar surface area (TPSA) is 101 Å². The Labute approximate surface area is 125 Å². The molecule has 0 spiro atoms. The fourth-order valence-electron chi connectivity index (χ4n) is 3.11. The van der Waals surface area contributed by atoms with E-state index in [1.165, 1.54) is 4.68 Å². The minimum atomic E-state index is -3.48. The zero-order chi connectivity index (χ0) is 15.8. The van der Waals surface area contributed by atoms with Crippen LogP contribution in [0, 0.1) is 11.8 Å². The number of aromatic nitrogens is 2. The van der Waals surface area contributed by atoms with Crippen molar-refractivity contribution >= 4 is 21.5 Å². The molecule has 7 nitrogen and oxygen atoms in total. The summed E-state index contributed by atoms with van der Waals surface area (Å²) in [6.45, 7) is 5.88. The van der Waals surface area contributed by atoms with Crippen molar-refractivity contribution in [2.75, 3.05) is 36.6 Å². The highest BCUT2D eigenvalue weighted by Gasteiger charge is 2.31. The summed E-state index contributed by atoms with van der Waals surface area (Å²) in [5.41, 5.74) is 5.94. The molecular formula is C13H24N4O3S. The first-order chi connectivity index (χ1) is 9.74. The van der Waals surface area contributed by atoms with Gasteiger partial charge in [-0.25, -0.2) is 13.1 Å². The molecule has 2 unspecified atom stereocenters. The zero-order valence-corrected chi connectivity index (χ0v) is 13.6. The number of nitrogen functional groups attached to an aromatic ring is 1. The van der Waals surface area contributed by atoms with Crippen molar-refractivity contribution in [2.24, 2.45) is 11.8 Å². The number of hydrogen-bond acceptors (Lipinski definition) is 6. The molecule has 1 aromatic heterocycles. The standard InChI is InChI=1S/C13H24N4O3S/c1-9-6-10(2)8-16(7-9)13-11(21(3,19)20)12(14)17(15-13)4-5-18/h9-10,18H,4-8,14H2,1-3H3. The number of rotatable bonds is 4. The molecule has 120 valence electrons. The molecule has 8 heteroatoms. The molecule has 1 aromatic rings. The van der Waals surface area contributed by atoms with E-state index in [0.717, 1.165) is 25.8 Å². The maximum atomic E-state index is 12.1. The van der Waals surface area contributed by atoms with Crippen molar-refractivity contribution in [2.45, 2.75) is 31.7 Å². The van der Waals surface area contributed by atoms with Crippen molar-refractivity contribution in [1.29, 1.82) is 0 Å². The Morgan fingerprint density at radius 2 is 1.90 bits per heavy atom. The molecule has 0 radical (unpaired) electrons. The highest BCUT2D eigenvalue weighted by molar-refractivity contribution is 7.91. The highest BCUT2D eigenvalue weighted by atomic mass is 32.2. The number of aliphatic hydroxyl groups is 1. The van der Waals surface area contributed by atoms with Gasteiger partial charge in [0.15, 0.2) is 20.6 Å². The quantitative estimate of drug-likeness (QED) is 0.831. The Kier molecular flexibility index (Phi) is 4.48. The van der Waals surface area contributed by atoms with Crippen LogP contribution in [0.25, 0.3) is 0 Å². The summed E-state index contributed by atoms with van der Waals surface area (Å²) in [5.74, 6) is 1.48. The summed E-state index contributed by atoms with van der Waals surface area (Å²) in [6.07, 6.45) is 2.27. The summed E-state index contributed by atoms with van der Waals surface area (Å²) < 4.78 is 25.5. The third-order valence-corrected chi connectivity index (χ3v) is 4.91. The molecular weight excluding hydrogens is 292 g/mol. The van der Waals surface area contributed by atoms with Crippen molar-refractivity contribution in [1.82, 2.24) is 9.78 Å². The van der Waals surface area contributed by atoms with E-state index in [1.807, 2.05) is 4.90 Å². The smallest absolute Gasteiger partial charge is 0.182 e. The number of piperidine rings is 1. The van der Waals surface area contributed by atoms with Gasteiger partial charge in [0.1, 0.15) is 5.82 Å². The van der Waals surface area contributed by atoms with Gasteiger partial charge in [0.2, 0.25) is 0 Å². The fraction of sp³-hybridized carbons (Fsp3) is 0.769. The lowest BCUT2D eigenvalue weighted by Gasteiger charge is -2.35. The van der Waals surface area contributed by atoms with E-state index in [1.54, 1.807) is 0 Å². The average Bonchev–Trinajstić information content (AvgIpc) is 2.66. The van der Waals surface area contributed by atoms with Crippen LogP contribution < -0.4 is 10.6 Å². The molecule has 21 heavy (non-hydrogen) atoms. The Balaban J connectivity index is 2.49. The lowest BCUT2D eigenvalue weighted by molar-refractivity contribution is 0.270. The molecule has 0 saturated carbocycles. The second kappa shape index (κ2) is 5.84. The normalized spacial score (nSPS) is 23.5. The minimum Gasteiger partial charge on any atom is -0.394 e. The molecule has 0 aliphatic carbocycles. The lowest BCUT2D eigenvalue weighted by atomic mass is 9.92. The van der Waals surface area contributed by atoms with Crippen LogP contribution >= 0.6 is 0 Å². The van der Waals surface area contributed by atoms with E-state index in [-0.39, 0.29) is 23.9 Å². The van der Waals surface area contributed by atoms with E-state index in [2.05, 4.69) is 18.9 Å². The van der Waals surface area contributed by atoms with Crippen molar-refractivity contribution < 1.29 is 13.5 Å². The first kappa shape index (κ1) is 16.1. The monoisotopic (exact) mass is 316 g/mol. The molecule has 0 amide bonds. The Morgan fingerprint density at radius 3 is 2.38 bits per heavy atom. The van der Waals surface area contributed by atoms with Crippen molar-refractivity contribution in [3.05, 3.63) is 0 Å². The number of nitrogens with two attached hydrogens (primary N) is 1. The van der Waals surface area contributed by atoms with Crippen LogP contribution in [0.3, 0.4) is 0 Å². The summed E-state index contributed by atoms with van der Waals surface area (Å²) in [4.78, 5) is 2.08. The second-order valence-electron chi connectivity index (χ2n) is 6.11. The van der Waals surface area contributed by atoms with Gasteiger partial charge in [-0.1, -0.05) is 13.8 Å². The molecule has 0 bridgehead atoms. The van der Waals surface area contributed by atoms with Crippen LogP contribution in [0.15, 0.2) is 4.90 Å². The van der Waals surface area contributed by atoms with Crippen LogP contribution in [0.4, 0.5) is 11.6 Å². The van der Waals surface area contributed by atoms with E-state index < -0.39 is 9.84 Å². The third-order valence-electron chi connectivity index (χ3n) is 3.78. The SMILES string of the molecule is CC1CC(C)CN(c2nn(CCO)c(N)c2S(C)(=O)=O)C1. The van der Waals surface area contributed by atoms with Gasteiger partial charge >= 0.3 is 0 Å². The number of sulfone groups is 1. The highest BCUT2D eigenvalue weighted by Crippen LogP contribution is 2.33. The lowest BCUT2D eigenvalue weighted by Crippen LogP contribution is -2.39. The predicted octanol–water partition coefficient (Wildman–Crippen LogP) is 0.343. The molecule has 2 heterocycles. The van der Waals surface area contributed by atoms with Crippen LogP contribution in [0.2, 0.25) is 0 Å². The molecule has 2 atom stereocenters. The van der Waals surface area contributed by atoms with Gasteiger partial charge in [-0.3, -0.25) is 0 Å². The number of anilines is 2. The Morgan fingerprint density at radius 1 is 1.33 bits per heavy atom. The van der Waals surface area contributed by atoms with Crippen molar-refractivity contribution in [3.8, 4) is 0 Å². The van der Waals surface area contributed by atoms with E-state index in [9.17, 15) is 8.42 Å². The maximum Gasteiger partial charge on any atom is 0.182 e. The predicted molar refractivity (Wildman–Crippen MR) is 82.0 cm³/mol. The number of hydrogen-bond donors (Lipinski definition) is 2. The third kappa shape index (κ3) is 3.32. The molecule has 3 N–H and O–H groups in total. The summed E-state index contributed by atoms with van der Waals surface area (Å²) >= 11 is 0. The van der Waals surface area contributed by atoms with Crippen LogP contribution in [-0.4, -0.2) is 49.3 Å². The number of nitrogens with zero attached hydrogens (tertiary/aromatic N) is 3. The Bertz CT molecular complexity index is 601. The van der Waals surface area contributed by atoms with E-state index in [0.29, 0.717) is 17.7 Å². The molecule has 2 rings (SSSR count). The van der Waals surface area contributed by atoms with Gasteiger partial charge in [-0.2, -0.15) is 5.10 Å². The van der Waals surface area contributed by atoms with E-state index in [4.69, 9.17) is 10.8 Å². The summed E-state index contributed by atoms with van der Waals surface area (Å²) in [7, 11) is -3.48. The van der Waals surface area contributed by atoms with E-state index >= 15 is 0 Å². The van der Waals surface area contributed by atoms with Crippen LogP contribution in [0.5, 0.6) is 0 Å². The average molecular weight is 316 g/mol. The van der Waals surface area contributed by atoms with Gasteiger partial charge in [0.25, 0.3) is 0 Å². The number of aliphatic hydroxyl groups excluding tert-OH is 1. The maximum absolute atomic E-state index is 12.1. The first-order valence-corrected chi connectivity index (χ1v) is 9.05. The Hall–Kier alpha value is -1.28. The van der Waals surface area contributed by atoms with Crippen molar-refractivity contribution in [3.63, 3.8) is 0 Å². The molecule has 0 aromatic carbocycles. The van der Waals surface area contributed by atoms with Crippen LogP contribution in [-0.2, 0) is 16.4 Å². The summed E-state index contributed by atoms with van der Waals surface area (Å²) in [6, 6.07) is 0. The van der Waals surface area contributed by atoms with Gasteiger partial charge in [0.05, 0.1) is 13.2 Å². The minimum absolute atomic E-state index is 0.0808. The first-order valence-electron chi connectivity index (χ1n) is 7.16. The van der Waals surface area contributed by atoms with Gasteiger partial charge in [-0.15, -0.1) is 0 Å². The molecule has 1 fully saturated rings. The molecule has 1 saturated heterocycles. The largest absolute Gasteiger partial charge is 0.394 e. The zero-order valence-electron chi connectivity index (χ0n) is 12.8. The van der Waals surface area contributed by atoms with Gasteiger partial charge in [-0.05, 0) is 18.3 Å². The van der Waals surface area contributed by atoms with Gasteiger partial charge in [0, 0.05) is 19.3 Å². The molecule has 1 aliphatic heterocycles. The molecule has 1 aliphatic rings. The fourth-order valence-corrected chi connectivity index (χ4v) is 4.10. The summed E-state index contributed by atoms with van der Waals surface area (Å²) in [5, 5.41) is 13.4.